The molecule has 6 nitrogen and oxygen atoms in total. The topological polar surface area (TPSA) is 51.2 Å². The predicted octanol–water partition coefficient (Wildman–Crippen LogP) is 13.6. The Bertz CT molecular complexity index is 3500. The quantitative estimate of drug-likeness (QED) is 0.161. The molecule has 0 atom stereocenters. The van der Waals surface area contributed by atoms with Crippen molar-refractivity contribution in [2.45, 2.75) is 33.1 Å². The number of hydrogen-bond acceptors (Lipinski definition) is 6. The number of para-hydroxylation sites is 2. The standard InChI is InChI=1S/C59H45BN2O4/c1-36-30-49-56-50(31-36)62(57-44(37-12-6-5-7-13-37)24-27-53-58(57)64-29-28-63-53)48-26-21-42(59(2,3)4)35-46(48)60(56)45-32-41(55-34-40-15-9-11-17-52(40)66-55)20-25-47(45)61(49)43-22-18-38(19-23-43)54-33-39-14-8-10-16-51(39)65-54/h5-27,30-35H,28-29H2,1-4H3. The molecule has 0 amide bonds. The fourth-order valence-corrected chi connectivity index (χ4v) is 10.5. The van der Waals surface area contributed by atoms with Gasteiger partial charge in [0.15, 0.2) is 11.5 Å². The average molecular weight is 857 g/mol. The average Bonchev–Trinajstić information content (AvgIpc) is 3.99. The van der Waals surface area contributed by atoms with Gasteiger partial charge in [-0.3, -0.25) is 0 Å². The van der Waals surface area contributed by atoms with Gasteiger partial charge in [-0.05, 0) is 136 Å². The predicted molar refractivity (Wildman–Crippen MR) is 271 cm³/mol. The third-order valence-corrected chi connectivity index (χ3v) is 13.6. The SMILES string of the molecule is Cc1cc2c3c(c1)N(c1c(-c4ccccc4)ccc4c1OCCO4)c1ccc(C(C)(C)C)cc1B3c1cc(-c3cc4ccccc4o3)ccc1N2c1ccc(-c2cc3ccccc3o2)cc1. The summed E-state index contributed by atoms with van der Waals surface area (Å²) in [6.45, 7) is 9.96. The molecule has 0 unspecified atom stereocenters. The van der Waals surface area contributed by atoms with Crippen molar-refractivity contribution >= 4 is 79.2 Å². The molecule has 13 rings (SSSR count). The second-order valence-electron chi connectivity index (χ2n) is 18.8. The lowest BCUT2D eigenvalue weighted by atomic mass is 9.33. The van der Waals surface area contributed by atoms with E-state index in [2.05, 4.69) is 183 Å². The number of benzene rings is 8. The van der Waals surface area contributed by atoms with Crippen LogP contribution >= 0.6 is 0 Å². The van der Waals surface area contributed by atoms with Crippen LogP contribution in [-0.4, -0.2) is 19.9 Å². The number of rotatable bonds is 5. The van der Waals surface area contributed by atoms with Crippen LogP contribution in [0, 0.1) is 6.92 Å². The smallest absolute Gasteiger partial charge is 0.252 e. The zero-order valence-electron chi connectivity index (χ0n) is 37.3. The van der Waals surface area contributed by atoms with Gasteiger partial charge in [-0.2, -0.15) is 0 Å². The third kappa shape index (κ3) is 6.03. The first-order valence-electron chi connectivity index (χ1n) is 22.8. The Labute approximate surface area is 384 Å². The van der Waals surface area contributed by atoms with Gasteiger partial charge in [-0.25, -0.2) is 0 Å². The van der Waals surface area contributed by atoms with E-state index in [1.54, 1.807) is 0 Å². The van der Waals surface area contributed by atoms with E-state index < -0.39 is 0 Å². The van der Waals surface area contributed by atoms with Crippen LogP contribution in [0.4, 0.5) is 34.1 Å². The van der Waals surface area contributed by atoms with Crippen LogP contribution in [0.2, 0.25) is 0 Å². The van der Waals surface area contributed by atoms with Crippen LogP contribution in [-0.2, 0) is 5.41 Å². The lowest BCUT2D eigenvalue weighted by molar-refractivity contribution is 0.172. The minimum Gasteiger partial charge on any atom is -0.486 e. The molecule has 10 aromatic rings. The molecule has 0 fully saturated rings. The molecule has 0 saturated heterocycles. The van der Waals surface area contributed by atoms with Gasteiger partial charge in [0.1, 0.15) is 41.6 Å². The molecule has 3 aliphatic rings. The van der Waals surface area contributed by atoms with Gasteiger partial charge in [-0.15, -0.1) is 0 Å². The molecule has 0 bridgehead atoms. The summed E-state index contributed by atoms with van der Waals surface area (Å²) < 4.78 is 26.0. The van der Waals surface area contributed by atoms with E-state index in [4.69, 9.17) is 18.3 Å². The van der Waals surface area contributed by atoms with Crippen LogP contribution in [0.3, 0.4) is 0 Å². The summed E-state index contributed by atoms with van der Waals surface area (Å²) in [4.78, 5) is 4.92. The van der Waals surface area contributed by atoms with Gasteiger partial charge in [0, 0.05) is 55.9 Å². The summed E-state index contributed by atoms with van der Waals surface area (Å²) in [6.07, 6.45) is 0. The van der Waals surface area contributed by atoms with Gasteiger partial charge in [0.05, 0.1) is 0 Å². The van der Waals surface area contributed by atoms with Crippen molar-refractivity contribution in [3.8, 4) is 45.3 Å². The molecule has 5 heterocycles. The number of nitrogens with zero attached hydrogens (tertiary/aromatic N) is 2. The first-order chi connectivity index (χ1) is 32.2. The molecule has 7 heteroatoms. The van der Waals surface area contributed by atoms with Gasteiger partial charge in [0.2, 0.25) is 0 Å². The lowest BCUT2D eigenvalue weighted by Gasteiger charge is -2.45. The molecular formula is C59H45BN2O4. The molecule has 66 heavy (non-hydrogen) atoms. The van der Waals surface area contributed by atoms with Crippen molar-refractivity contribution in [1.82, 2.24) is 0 Å². The summed E-state index contributed by atoms with van der Waals surface area (Å²) in [5.74, 6) is 3.19. The molecule has 0 saturated carbocycles. The van der Waals surface area contributed by atoms with Crippen LogP contribution in [0.15, 0.2) is 185 Å². The highest BCUT2D eigenvalue weighted by atomic mass is 16.6. The van der Waals surface area contributed by atoms with Gasteiger partial charge in [-0.1, -0.05) is 106 Å². The maximum absolute atomic E-state index is 6.71. The number of furan rings is 2. The molecule has 0 radical (unpaired) electrons. The van der Waals surface area contributed by atoms with E-state index in [1.165, 1.54) is 22.0 Å². The van der Waals surface area contributed by atoms with Crippen molar-refractivity contribution in [2.75, 3.05) is 23.0 Å². The van der Waals surface area contributed by atoms with Crippen molar-refractivity contribution in [2.24, 2.45) is 0 Å². The second kappa shape index (κ2) is 14.6. The highest BCUT2D eigenvalue weighted by Crippen LogP contribution is 2.53. The zero-order chi connectivity index (χ0) is 44.3. The van der Waals surface area contributed by atoms with Crippen LogP contribution in [0.1, 0.15) is 31.9 Å². The number of ether oxygens (including phenoxy) is 2. The minimum atomic E-state index is -0.119. The number of aryl methyl sites for hydroxylation is 1. The Morgan fingerprint density at radius 1 is 0.500 bits per heavy atom. The molecule has 2 aromatic heterocycles. The van der Waals surface area contributed by atoms with E-state index >= 15 is 0 Å². The van der Waals surface area contributed by atoms with E-state index in [1.807, 2.05) is 30.3 Å². The number of hydrogen-bond donors (Lipinski definition) is 0. The fraction of sp³-hybridized carbons (Fsp3) is 0.119. The molecule has 0 spiro atoms. The van der Waals surface area contributed by atoms with Crippen LogP contribution < -0.4 is 35.7 Å². The van der Waals surface area contributed by atoms with E-state index in [0.717, 1.165) is 107 Å². The molecule has 8 aromatic carbocycles. The molecule has 318 valence electrons. The first-order valence-corrected chi connectivity index (χ1v) is 22.8. The summed E-state index contributed by atoms with van der Waals surface area (Å²) in [5, 5.41) is 2.17. The normalized spacial score (nSPS) is 13.8. The molecule has 0 N–H and O–H groups in total. The monoisotopic (exact) mass is 856 g/mol. The highest BCUT2D eigenvalue weighted by molar-refractivity contribution is 7.00. The zero-order valence-corrected chi connectivity index (χ0v) is 37.3. The summed E-state index contributed by atoms with van der Waals surface area (Å²) in [7, 11) is 0. The molecular weight excluding hydrogens is 811 g/mol. The van der Waals surface area contributed by atoms with Gasteiger partial charge >= 0.3 is 0 Å². The van der Waals surface area contributed by atoms with E-state index in [-0.39, 0.29) is 12.1 Å². The Kier molecular flexibility index (Phi) is 8.51. The summed E-state index contributed by atoms with van der Waals surface area (Å²) >= 11 is 0. The number of anilines is 6. The van der Waals surface area contributed by atoms with Crippen molar-refractivity contribution in [3.63, 3.8) is 0 Å². The van der Waals surface area contributed by atoms with Gasteiger partial charge in [0.25, 0.3) is 6.71 Å². The maximum atomic E-state index is 6.71. The Hall–Kier alpha value is -7.90. The fourth-order valence-electron chi connectivity index (χ4n) is 10.5. The second-order valence-corrected chi connectivity index (χ2v) is 18.8. The Morgan fingerprint density at radius 2 is 1.11 bits per heavy atom. The highest BCUT2D eigenvalue weighted by Gasteiger charge is 2.45. The first kappa shape index (κ1) is 38.6. The van der Waals surface area contributed by atoms with Gasteiger partial charge < -0.3 is 28.1 Å². The Balaban J connectivity index is 1.09. The van der Waals surface area contributed by atoms with Crippen LogP contribution in [0.5, 0.6) is 11.5 Å². The lowest BCUT2D eigenvalue weighted by Crippen LogP contribution is -2.61. The summed E-state index contributed by atoms with van der Waals surface area (Å²) in [6, 6.07) is 63.2. The maximum Gasteiger partial charge on any atom is 0.252 e. The van der Waals surface area contributed by atoms with Crippen molar-refractivity contribution in [1.29, 1.82) is 0 Å². The molecule has 3 aliphatic heterocycles. The van der Waals surface area contributed by atoms with Crippen molar-refractivity contribution in [3.05, 3.63) is 187 Å². The van der Waals surface area contributed by atoms with E-state index in [9.17, 15) is 0 Å². The third-order valence-electron chi connectivity index (χ3n) is 13.6. The number of fused-ring (bicyclic) bond motifs is 7. The summed E-state index contributed by atoms with van der Waals surface area (Å²) in [5.41, 5.74) is 18.5. The van der Waals surface area contributed by atoms with Crippen molar-refractivity contribution < 1.29 is 18.3 Å². The largest absolute Gasteiger partial charge is 0.486 e. The molecule has 0 aliphatic carbocycles. The van der Waals surface area contributed by atoms with Crippen LogP contribution in [0.25, 0.3) is 55.7 Å². The van der Waals surface area contributed by atoms with E-state index in [0.29, 0.717) is 13.2 Å². The Morgan fingerprint density at radius 3 is 1.82 bits per heavy atom. The minimum absolute atomic E-state index is 0.102.